The van der Waals surface area contributed by atoms with Crippen molar-refractivity contribution in [3.8, 4) is 0 Å². The Morgan fingerprint density at radius 3 is 3.00 bits per heavy atom. The summed E-state index contributed by atoms with van der Waals surface area (Å²) in [7, 11) is 0. The first-order valence-electron chi connectivity index (χ1n) is 5.40. The van der Waals surface area contributed by atoms with Gasteiger partial charge in [-0.25, -0.2) is 0 Å². The number of hydrogen-bond donors (Lipinski definition) is 2. The number of nitrogens with one attached hydrogen (secondary N) is 1. The first-order valence-corrected chi connectivity index (χ1v) is 6.19. The van der Waals surface area contributed by atoms with E-state index in [4.69, 9.17) is 5.11 Å². The summed E-state index contributed by atoms with van der Waals surface area (Å²) in [6.07, 6.45) is 1.65. The Labute approximate surface area is 112 Å². The smallest absolute Gasteiger partial charge is 0.322 e. The number of carbonyl (C=O) groups is 2. The summed E-state index contributed by atoms with van der Waals surface area (Å²) < 4.78 is 0.859. The number of carboxylic acid groups (broad SMARTS) is 1. The van der Waals surface area contributed by atoms with Gasteiger partial charge in [-0.15, -0.1) is 0 Å². The molecule has 1 amide bonds. The Morgan fingerprint density at radius 1 is 1.61 bits per heavy atom. The molecule has 18 heavy (non-hydrogen) atoms. The standard InChI is InChI=1S/C11H12BrN3O3/c12-7-1-2-8(13-3-7)5-15-6-10(16)14-4-9(15)11(17)18/h1-3,9H,4-6H2,(H,14,16)(H,17,18). The third-order valence-corrected chi connectivity index (χ3v) is 3.19. The van der Waals surface area contributed by atoms with Crippen LogP contribution in [0.3, 0.4) is 0 Å². The number of aromatic nitrogens is 1. The lowest BCUT2D eigenvalue weighted by Gasteiger charge is -2.32. The van der Waals surface area contributed by atoms with Crippen LogP contribution >= 0.6 is 15.9 Å². The fourth-order valence-electron chi connectivity index (χ4n) is 1.81. The van der Waals surface area contributed by atoms with E-state index in [1.165, 1.54) is 0 Å². The number of nitrogens with zero attached hydrogens (tertiary/aromatic N) is 2. The fourth-order valence-corrected chi connectivity index (χ4v) is 2.04. The number of carbonyl (C=O) groups excluding carboxylic acids is 1. The normalized spacial score (nSPS) is 20.5. The van der Waals surface area contributed by atoms with E-state index < -0.39 is 12.0 Å². The summed E-state index contributed by atoms with van der Waals surface area (Å²) in [5.74, 6) is -1.10. The predicted octanol–water partition coefficient (Wildman–Crippen LogP) is 0.229. The van der Waals surface area contributed by atoms with Crippen LogP contribution in [-0.4, -0.2) is 46.0 Å². The van der Waals surface area contributed by atoms with E-state index in [1.54, 1.807) is 17.2 Å². The van der Waals surface area contributed by atoms with Gasteiger partial charge in [0.25, 0.3) is 0 Å². The molecule has 96 valence electrons. The zero-order valence-electron chi connectivity index (χ0n) is 9.47. The maximum atomic E-state index is 11.3. The lowest BCUT2D eigenvalue weighted by atomic mass is 10.1. The fraction of sp³-hybridized carbons (Fsp3) is 0.364. The summed E-state index contributed by atoms with van der Waals surface area (Å²) in [5.41, 5.74) is 0.735. The Bertz CT molecular complexity index is 463. The highest BCUT2D eigenvalue weighted by Crippen LogP contribution is 2.12. The van der Waals surface area contributed by atoms with Crippen LogP contribution in [0.15, 0.2) is 22.8 Å². The molecule has 0 aromatic carbocycles. The molecule has 1 atom stereocenters. The second kappa shape index (κ2) is 5.45. The second-order valence-electron chi connectivity index (χ2n) is 4.03. The van der Waals surface area contributed by atoms with Gasteiger partial charge in [0.2, 0.25) is 5.91 Å². The minimum absolute atomic E-state index is 0.0781. The highest BCUT2D eigenvalue weighted by molar-refractivity contribution is 9.10. The van der Waals surface area contributed by atoms with Crippen molar-refractivity contribution >= 4 is 27.8 Å². The third-order valence-electron chi connectivity index (χ3n) is 2.72. The molecule has 0 bridgehead atoms. The van der Waals surface area contributed by atoms with Crippen molar-refractivity contribution in [1.29, 1.82) is 0 Å². The van der Waals surface area contributed by atoms with Crippen LogP contribution in [-0.2, 0) is 16.1 Å². The average molecular weight is 314 g/mol. The van der Waals surface area contributed by atoms with E-state index >= 15 is 0 Å². The van der Waals surface area contributed by atoms with E-state index in [0.717, 1.165) is 10.2 Å². The number of piperazine rings is 1. The number of hydrogen-bond acceptors (Lipinski definition) is 4. The molecule has 0 spiro atoms. The summed E-state index contributed by atoms with van der Waals surface area (Å²) in [6, 6.07) is 2.94. The topological polar surface area (TPSA) is 82.5 Å². The number of pyridine rings is 1. The van der Waals surface area contributed by atoms with Gasteiger partial charge in [0.15, 0.2) is 0 Å². The molecule has 0 radical (unpaired) electrons. The average Bonchev–Trinajstić information content (AvgIpc) is 2.32. The SMILES string of the molecule is O=C1CN(Cc2ccc(Br)cn2)C(C(=O)O)CN1. The van der Waals surface area contributed by atoms with Crippen LogP contribution in [0.25, 0.3) is 0 Å². The molecule has 1 aromatic heterocycles. The van der Waals surface area contributed by atoms with Crippen molar-refractivity contribution in [1.82, 2.24) is 15.2 Å². The maximum absolute atomic E-state index is 11.3. The van der Waals surface area contributed by atoms with Crippen LogP contribution < -0.4 is 5.32 Å². The Morgan fingerprint density at radius 2 is 2.39 bits per heavy atom. The highest BCUT2D eigenvalue weighted by Gasteiger charge is 2.31. The molecule has 2 heterocycles. The summed E-state index contributed by atoms with van der Waals surface area (Å²) in [4.78, 5) is 28.2. The largest absolute Gasteiger partial charge is 0.480 e. The number of amides is 1. The van der Waals surface area contributed by atoms with E-state index in [2.05, 4.69) is 26.2 Å². The van der Waals surface area contributed by atoms with Gasteiger partial charge in [0, 0.05) is 23.8 Å². The van der Waals surface area contributed by atoms with E-state index in [1.807, 2.05) is 6.07 Å². The van der Waals surface area contributed by atoms with Crippen molar-refractivity contribution < 1.29 is 14.7 Å². The molecular formula is C11H12BrN3O3. The number of halogens is 1. The second-order valence-corrected chi connectivity index (χ2v) is 4.95. The lowest BCUT2D eigenvalue weighted by Crippen LogP contribution is -2.57. The molecule has 1 unspecified atom stereocenters. The molecule has 6 nitrogen and oxygen atoms in total. The zero-order chi connectivity index (χ0) is 13.1. The van der Waals surface area contributed by atoms with E-state index in [9.17, 15) is 9.59 Å². The van der Waals surface area contributed by atoms with Crippen molar-refractivity contribution in [2.24, 2.45) is 0 Å². The van der Waals surface area contributed by atoms with Crippen molar-refractivity contribution in [2.45, 2.75) is 12.6 Å². The zero-order valence-corrected chi connectivity index (χ0v) is 11.1. The van der Waals surface area contributed by atoms with E-state index in [-0.39, 0.29) is 19.0 Å². The van der Waals surface area contributed by atoms with Crippen molar-refractivity contribution in [3.05, 3.63) is 28.5 Å². The van der Waals surface area contributed by atoms with E-state index in [0.29, 0.717) is 6.54 Å². The highest BCUT2D eigenvalue weighted by atomic mass is 79.9. The Hall–Kier alpha value is -1.47. The maximum Gasteiger partial charge on any atom is 0.322 e. The van der Waals surface area contributed by atoms with Crippen LogP contribution in [0.1, 0.15) is 5.69 Å². The molecule has 2 rings (SSSR count). The monoisotopic (exact) mass is 313 g/mol. The predicted molar refractivity (Wildman–Crippen MR) is 66.8 cm³/mol. The minimum Gasteiger partial charge on any atom is -0.480 e. The molecule has 1 saturated heterocycles. The molecule has 0 aliphatic carbocycles. The number of rotatable bonds is 3. The van der Waals surface area contributed by atoms with Gasteiger partial charge in [0.05, 0.1) is 12.2 Å². The first-order chi connectivity index (χ1) is 8.56. The quantitative estimate of drug-likeness (QED) is 0.834. The molecule has 1 aliphatic heterocycles. The molecule has 1 aromatic rings. The van der Waals surface area contributed by atoms with Crippen LogP contribution in [0.5, 0.6) is 0 Å². The first kappa shape index (κ1) is 13.0. The molecule has 1 aliphatic rings. The summed E-state index contributed by atoms with van der Waals surface area (Å²) in [5, 5.41) is 11.6. The Balaban J connectivity index is 2.11. The summed E-state index contributed by atoms with van der Waals surface area (Å²) >= 11 is 3.28. The van der Waals surface area contributed by atoms with Crippen LogP contribution in [0.4, 0.5) is 0 Å². The molecular weight excluding hydrogens is 302 g/mol. The van der Waals surface area contributed by atoms with Gasteiger partial charge in [-0.3, -0.25) is 19.5 Å². The van der Waals surface area contributed by atoms with Gasteiger partial charge in [-0.2, -0.15) is 0 Å². The van der Waals surface area contributed by atoms with Gasteiger partial charge >= 0.3 is 5.97 Å². The van der Waals surface area contributed by atoms with Gasteiger partial charge < -0.3 is 10.4 Å². The van der Waals surface area contributed by atoms with Crippen LogP contribution in [0, 0.1) is 0 Å². The van der Waals surface area contributed by atoms with Gasteiger partial charge in [0.1, 0.15) is 6.04 Å². The van der Waals surface area contributed by atoms with Gasteiger partial charge in [-0.1, -0.05) is 0 Å². The van der Waals surface area contributed by atoms with Crippen molar-refractivity contribution in [3.63, 3.8) is 0 Å². The molecule has 7 heteroatoms. The van der Waals surface area contributed by atoms with Gasteiger partial charge in [-0.05, 0) is 28.1 Å². The third kappa shape index (κ3) is 3.05. The minimum atomic E-state index is -0.938. The Kier molecular flexibility index (Phi) is 3.93. The summed E-state index contributed by atoms with van der Waals surface area (Å²) in [6.45, 7) is 0.553. The molecule has 0 saturated carbocycles. The lowest BCUT2D eigenvalue weighted by molar-refractivity contribution is -0.146. The molecule has 2 N–H and O–H groups in total. The molecule has 1 fully saturated rings. The van der Waals surface area contributed by atoms with Crippen molar-refractivity contribution in [2.75, 3.05) is 13.1 Å². The van der Waals surface area contributed by atoms with Crippen LogP contribution in [0.2, 0.25) is 0 Å². The number of carboxylic acids is 1. The number of aliphatic carboxylic acids is 1.